The van der Waals surface area contributed by atoms with Crippen molar-refractivity contribution in [2.24, 2.45) is 5.14 Å². The van der Waals surface area contributed by atoms with E-state index >= 15 is 0 Å². The van der Waals surface area contributed by atoms with Gasteiger partial charge in [0.1, 0.15) is 0 Å². The van der Waals surface area contributed by atoms with Crippen LogP contribution in [0.4, 0.5) is 11.4 Å². The number of benzene rings is 1. The molecule has 0 aliphatic rings. The second-order valence-corrected chi connectivity index (χ2v) is 6.38. The third-order valence-corrected chi connectivity index (χ3v) is 3.52. The van der Waals surface area contributed by atoms with Crippen LogP contribution in [0.5, 0.6) is 0 Å². The van der Waals surface area contributed by atoms with Crippen LogP contribution in [0.2, 0.25) is 0 Å². The van der Waals surface area contributed by atoms with Crippen molar-refractivity contribution in [3.05, 3.63) is 23.8 Å². The van der Waals surface area contributed by atoms with Gasteiger partial charge in [0, 0.05) is 26.2 Å². The Kier molecular flexibility index (Phi) is 5.34. The Labute approximate surface area is 119 Å². The van der Waals surface area contributed by atoms with Crippen LogP contribution in [0, 0.1) is 0 Å². The van der Waals surface area contributed by atoms with Crippen LogP contribution >= 0.6 is 0 Å². The van der Waals surface area contributed by atoms with Gasteiger partial charge in [-0.25, -0.2) is 13.6 Å². The number of nitrogens with two attached hydrogens (primary N) is 2. The first-order chi connectivity index (χ1) is 9.20. The lowest BCUT2D eigenvalue weighted by Gasteiger charge is -2.15. The molecule has 112 valence electrons. The van der Waals surface area contributed by atoms with E-state index in [9.17, 15) is 13.2 Å². The molecule has 1 amide bonds. The largest absolute Gasteiger partial charge is 0.397 e. The number of hydrogen-bond acceptors (Lipinski definition) is 5. The molecule has 0 aliphatic heterocycles. The second kappa shape index (κ2) is 6.58. The highest BCUT2D eigenvalue weighted by atomic mass is 32.2. The van der Waals surface area contributed by atoms with Crippen LogP contribution in [0.15, 0.2) is 18.2 Å². The summed E-state index contributed by atoms with van der Waals surface area (Å²) in [5.41, 5.74) is 7.62. The Morgan fingerprint density at radius 3 is 2.50 bits per heavy atom. The first-order valence-corrected chi connectivity index (χ1v) is 7.78. The van der Waals surface area contributed by atoms with Crippen molar-refractivity contribution in [3.8, 4) is 0 Å². The van der Waals surface area contributed by atoms with Crippen molar-refractivity contribution < 1.29 is 13.2 Å². The number of primary sulfonamides is 1. The van der Waals surface area contributed by atoms with Gasteiger partial charge in [0.15, 0.2) is 0 Å². The third kappa shape index (κ3) is 5.06. The molecule has 8 heteroatoms. The molecule has 0 saturated heterocycles. The fourth-order valence-electron chi connectivity index (χ4n) is 1.68. The Hall–Kier alpha value is -1.80. The molecule has 0 saturated carbocycles. The van der Waals surface area contributed by atoms with Crippen LogP contribution in [0.3, 0.4) is 0 Å². The van der Waals surface area contributed by atoms with Crippen molar-refractivity contribution in [1.29, 1.82) is 0 Å². The minimum absolute atomic E-state index is 0.158. The van der Waals surface area contributed by atoms with Gasteiger partial charge in [-0.1, -0.05) is 0 Å². The molecule has 1 aromatic rings. The van der Waals surface area contributed by atoms with E-state index in [4.69, 9.17) is 10.9 Å². The molecule has 0 bridgehead atoms. The highest BCUT2D eigenvalue weighted by Gasteiger charge is 2.09. The van der Waals surface area contributed by atoms with Crippen molar-refractivity contribution in [2.75, 3.05) is 37.0 Å². The van der Waals surface area contributed by atoms with Crippen LogP contribution in [-0.4, -0.2) is 40.7 Å². The molecule has 0 unspecified atom stereocenters. The normalized spacial score (nSPS) is 11.2. The number of sulfonamides is 1. The maximum Gasteiger partial charge on any atom is 0.251 e. The van der Waals surface area contributed by atoms with Crippen LogP contribution in [-0.2, 0) is 10.0 Å². The summed E-state index contributed by atoms with van der Waals surface area (Å²) < 4.78 is 21.5. The van der Waals surface area contributed by atoms with Gasteiger partial charge in [-0.05, 0) is 24.6 Å². The topological polar surface area (TPSA) is 119 Å². The molecule has 0 spiro atoms. The zero-order valence-electron chi connectivity index (χ0n) is 11.6. The molecule has 1 rings (SSSR count). The van der Waals surface area contributed by atoms with Crippen molar-refractivity contribution in [2.45, 2.75) is 6.42 Å². The molecule has 0 fully saturated rings. The van der Waals surface area contributed by atoms with E-state index in [1.165, 1.54) is 0 Å². The monoisotopic (exact) mass is 300 g/mol. The van der Waals surface area contributed by atoms with Crippen LogP contribution in [0.25, 0.3) is 0 Å². The summed E-state index contributed by atoms with van der Waals surface area (Å²) >= 11 is 0. The van der Waals surface area contributed by atoms with E-state index in [0.717, 1.165) is 5.69 Å². The summed E-state index contributed by atoms with van der Waals surface area (Å²) in [5.74, 6) is -0.453. The summed E-state index contributed by atoms with van der Waals surface area (Å²) in [5, 5.41) is 7.49. The lowest BCUT2D eigenvalue weighted by Crippen LogP contribution is -2.27. The third-order valence-electron chi connectivity index (χ3n) is 2.66. The minimum Gasteiger partial charge on any atom is -0.397 e. The molecular weight excluding hydrogens is 280 g/mol. The summed E-state index contributed by atoms with van der Waals surface area (Å²) in [7, 11) is 0.234. The maximum absolute atomic E-state index is 11.8. The van der Waals surface area contributed by atoms with Crippen molar-refractivity contribution in [3.63, 3.8) is 0 Å². The molecule has 0 heterocycles. The predicted octanol–water partition coefficient (Wildman–Crippen LogP) is -0.257. The van der Waals surface area contributed by atoms with E-state index in [1.807, 2.05) is 19.0 Å². The fourth-order valence-corrected chi connectivity index (χ4v) is 2.23. The lowest BCUT2D eigenvalue weighted by atomic mass is 10.1. The second-order valence-electron chi connectivity index (χ2n) is 4.64. The van der Waals surface area contributed by atoms with Crippen LogP contribution in [0.1, 0.15) is 16.8 Å². The smallest absolute Gasteiger partial charge is 0.251 e. The van der Waals surface area contributed by atoms with Gasteiger partial charge in [0.2, 0.25) is 10.0 Å². The van der Waals surface area contributed by atoms with E-state index < -0.39 is 10.0 Å². The molecule has 20 heavy (non-hydrogen) atoms. The number of anilines is 2. The average Bonchev–Trinajstić information content (AvgIpc) is 2.32. The van der Waals surface area contributed by atoms with Gasteiger partial charge in [0.25, 0.3) is 5.91 Å². The molecule has 0 aliphatic carbocycles. The number of carbonyl (C=O) groups is 1. The van der Waals surface area contributed by atoms with E-state index in [2.05, 4.69) is 5.32 Å². The Morgan fingerprint density at radius 1 is 1.35 bits per heavy atom. The van der Waals surface area contributed by atoms with Gasteiger partial charge < -0.3 is 16.0 Å². The first-order valence-electron chi connectivity index (χ1n) is 6.06. The summed E-state index contributed by atoms with van der Waals surface area (Å²) in [4.78, 5) is 13.7. The standard InChI is InChI=1S/C12H20N4O3S/c1-16(2)11-5-4-9(8-10(11)13)12(17)15-6-3-7-20(14,18)19/h4-5,8H,3,6-7,13H2,1-2H3,(H,15,17)(H2,14,18,19). The highest BCUT2D eigenvalue weighted by molar-refractivity contribution is 7.89. The number of hydrogen-bond donors (Lipinski definition) is 3. The molecule has 7 nitrogen and oxygen atoms in total. The highest BCUT2D eigenvalue weighted by Crippen LogP contribution is 2.22. The van der Waals surface area contributed by atoms with Gasteiger partial charge in [-0.3, -0.25) is 4.79 Å². The number of nitrogens with zero attached hydrogens (tertiary/aromatic N) is 1. The molecule has 5 N–H and O–H groups in total. The number of nitrogens with one attached hydrogen (secondary N) is 1. The number of amides is 1. The quantitative estimate of drug-likeness (QED) is 0.494. The Morgan fingerprint density at radius 2 is 2.00 bits per heavy atom. The fraction of sp³-hybridized carbons (Fsp3) is 0.417. The van der Waals surface area contributed by atoms with E-state index in [0.29, 0.717) is 11.3 Å². The van der Waals surface area contributed by atoms with Crippen molar-refractivity contribution in [1.82, 2.24) is 5.32 Å². The van der Waals surface area contributed by atoms with Gasteiger partial charge in [-0.2, -0.15) is 0 Å². The number of rotatable bonds is 6. The van der Waals surface area contributed by atoms with Gasteiger partial charge in [0.05, 0.1) is 17.1 Å². The lowest BCUT2D eigenvalue weighted by molar-refractivity contribution is 0.0953. The predicted molar refractivity (Wildman–Crippen MR) is 80.1 cm³/mol. The molecule has 0 radical (unpaired) electrons. The maximum atomic E-state index is 11.8. The minimum atomic E-state index is -3.49. The molecular formula is C12H20N4O3S. The number of nitrogen functional groups attached to an aromatic ring is 1. The SMILES string of the molecule is CN(C)c1ccc(C(=O)NCCCS(N)(=O)=O)cc1N. The summed E-state index contributed by atoms with van der Waals surface area (Å²) in [6.45, 7) is 0.241. The zero-order chi connectivity index (χ0) is 15.3. The average molecular weight is 300 g/mol. The van der Waals surface area contributed by atoms with Crippen LogP contribution < -0.4 is 21.1 Å². The molecule has 0 atom stereocenters. The van der Waals surface area contributed by atoms with Gasteiger partial charge >= 0.3 is 0 Å². The Balaban J connectivity index is 2.58. The van der Waals surface area contributed by atoms with E-state index in [1.54, 1.807) is 18.2 Å². The summed E-state index contributed by atoms with van der Waals surface area (Å²) in [6.07, 6.45) is 0.274. The Bertz CT molecular complexity index is 584. The molecule has 0 aromatic heterocycles. The first kappa shape index (κ1) is 16.3. The number of carbonyl (C=O) groups excluding carboxylic acids is 1. The van der Waals surface area contributed by atoms with E-state index in [-0.39, 0.29) is 24.6 Å². The summed E-state index contributed by atoms with van der Waals surface area (Å²) in [6, 6.07) is 5.01. The van der Waals surface area contributed by atoms with Crippen molar-refractivity contribution >= 4 is 27.3 Å². The zero-order valence-corrected chi connectivity index (χ0v) is 12.4. The molecule has 1 aromatic carbocycles. The van der Waals surface area contributed by atoms with Gasteiger partial charge in [-0.15, -0.1) is 0 Å².